The first-order valence-corrected chi connectivity index (χ1v) is 11.3. The lowest BCUT2D eigenvalue weighted by Crippen LogP contribution is -2.50. The Morgan fingerprint density at radius 3 is 2.77 bits per heavy atom. The van der Waals surface area contributed by atoms with E-state index in [0.29, 0.717) is 23.1 Å². The molecule has 2 aromatic heterocycles. The summed E-state index contributed by atoms with van der Waals surface area (Å²) in [7, 11) is 0. The van der Waals surface area contributed by atoms with E-state index in [4.69, 9.17) is 4.98 Å². The lowest BCUT2D eigenvalue weighted by Gasteiger charge is -2.35. The zero-order valence-electron chi connectivity index (χ0n) is 17.4. The molecule has 2 aromatic carbocycles. The number of para-hydroxylation sites is 1. The molecular formula is C24H23BrN4O2. The van der Waals surface area contributed by atoms with Crippen LogP contribution in [0.2, 0.25) is 0 Å². The molecule has 0 fully saturated rings. The number of carbonyl (C=O) groups is 1. The Labute approximate surface area is 187 Å². The van der Waals surface area contributed by atoms with Crippen LogP contribution in [0.5, 0.6) is 0 Å². The first-order chi connectivity index (χ1) is 15.0. The second kappa shape index (κ2) is 7.64. The number of fused-ring (bicyclic) bond motifs is 3. The van der Waals surface area contributed by atoms with Gasteiger partial charge in [0.1, 0.15) is 11.9 Å². The summed E-state index contributed by atoms with van der Waals surface area (Å²) in [6.07, 6.45) is 3.21. The van der Waals surface area contributed by atoms with Crippen LogP contribution in [0, 0.1) is 5.92 Å². The van der Waals surface area contributed by atoms with Gasteiger partial charge in [-0.3, -0.25) is 14.2 Å². The van der Waals surface area contributed by atoms with Crippen LogP contribution in [0.4, 0.5) is 0 Å². The molecule has 1 aliphatic heterocycles. The van der Waals surface area contributed by atoms with Gasteiger partial charge < -0.3 is 10.3 Å². The van der Waals surface area contributed by atoms with Crippen LogP contribution in [-0.4, -0.2) is 20.4 Å². The molecule has 0 unspecified atom stereocenters. The number of rotatable bonds is 4. The molecule has 1 aliphatic rings. The Kier molecular flexibility index (Phi) is 4.93. The second-order valence-corrected chi connectivity index (χ2v) is 9.17. The van der Waals surface area contributed by atoms with E-state index in [0.717, 1.165) is 27.4 Å². The highest BCUT2D eigenvalue weighted by Crippen LogP contribution is 2.32. The van der Waals surface area contributed by atoms with Crippen molar-refractivity contribution in [2.75, 3.05) is 0 Å². The van der Waals surface area contributed by atoms with Crippen LogP contribution in [0.25, 0.3) is 21.8 Å². The molecule has 0 saturated carbocycles. The molecule has 7 heteroatoms. The number of carbonyl (C=O) groups excluding carboxylic acids is 1. The highest BCUT2D eigenvalue weighted by molar-refractivity contribution is 9.10. The number of benzene rings is 2. The van der Waals surface area contributed by atoms with E-state index in [1.807, 2.05) is 42.6 Å². The van der Waals surface area contributed by atoms with Crippen LogP contribution in [0.15, 0.2) is 57.9 Å². The number of hydrogen-bond donors (Lipinski definition) is 2. The van der Waals surface area contributed by atoms with Crippen molar-refractivity contribution >= 4 is 43.6 Å². The number of aromatic nitrogens is 3. The van der Waals surface area contributed by atoms with Gasteiger partial charge in [-0.25, -0.2) is 4.98 Å². The standard InChI is InChI=1S/C24H23BrN4O2/c1-3-13(2)21-22-27-19-9-8-15(25)11-17(19)24(31)29(22)20(23(30)28-21)10-14-12-26-18-7-5-4-6-16(14)18/h4-9,11-13,20-21,26H,3,10H2,1-2H3,(H,28,30)/t13-,20+,21-/m0/s1. The van der Waals surface area contributed by atoms with E-state index in [-0.39, 0.29) is 23.4 Å². The molecule has 4 aromatic rings. The molecule has 0 bridgehead atoms. The minimum atomic E-state index is -0.655. The second-order valence-electron chi connectivity index (χ2n) is 8.26. The number of nitrogens with zero attached hydrogens (tertiary/aromatic N) is 2. The van der Waals surface area contributed by atoms with Crippen LogP contribution in [0.3, 0.4) is 0 Å². The van der Waals surface area contributed by atoms with Gasteiger partial charge in [-0.15, -0.1) is 0 Å². The van der Waals surface area contributed by atoms with Crippen molar-refractivity contribution in [3.05, 3.63) is 74.9 Å². The van der Waals surface area contributed by atoms with Gasteiger partial charge in [0.05, 0.1) is 16.9 Å². The fourth-order valence-electron chi connectivity index (χ4n) is 4.47. The number of hydrogen-bond acceptors (Lipinski definition) is 3. The molecule has 1 amide bonds. The third-order valence-electron chi connectivity index (χ3n) is 6.38. The minimum Gasteiger partial charge on any atom is -0.361 e. The summed E-state index contributed by atoms with van der Waals surface area (Å²) in [5.74, 6) is 0.656. The zero-order chi connectivity index (χ0) is 21.7. The highest BCUT2D eigenvalue weighted by Gasteiger charge is 2.37. The minimum absolute atomic E-state index is 0.138. The third-order valence-corrected chi connectivity index (χ3v) is 6.87. The molecule has 2 N–H and O–H groups in total. The Bertz CT molecular complexity index is 1370. The predicted octanol–water partition coefficient (Wildman–Crippen LogP) is 4.64. The number of amides is 1. The fraction of sp³-hybridized carbons (Fsp3) is 0.292. The first kappa shape index (κ1) is 20.0. The van der Waals surface area contributed by atoms with Crippen molar-refractivity contribution in [1.82, 2.24) is 19.9 Å². The average molecular weight is 479 g/mol. The number of halogens is 1. The molecule has 0 saturated heterocycles. The summed E-state index contributed by atoms with van der Waals surface area (Å²) >= 11 is 3.45. The molecule has 3 heterocycles. The summed E-state index contributed by atoms with van der Waals surface area (Å²) in [4.78, 5) is 35.1. The van der Waals surface area contributed by atoms with Crippen molar-refractivity contribution in [2.45, 2.75) is 38.8 Å². The molecule has 6 nitrogen and oxygen atoms in total. The van der Waals surface area contributed by atoms with E-state index < -0.39 is 6.04 Å². The molecule has 0 radical (unpaired) electrons. The molecule has 0 aliphatic carbocycles. The quantitative estimate of drug-likeness (QED) is 0.448. The maximum absolute atomic E-state index is 13.6. The van der Waals surface area contributed by atoms with Crippen molar-refractivity contribution in [3.8, 4) is 0 Å². The zero-order valence-corrected chi connectivity index (χ0v) is 18.9. The third kappa shape index (κ3) is 3.28. The van der Waals surface area contributed by atoms with Crippen molar-refractivity contribution in [2.24, 2.45) is 5.92 Å². The summed E-state index contributed by atoms with van der Waals surface area (Å²) < 4.78 is 2.44. The average Bonchev–Trinajstić information content (AvgIpc) is 3.18. The van der Waals surface area contributed by atoms with Gasteiger partial charge in [0.25, 0.3) is 5.56 Å². The number of aromatic amines is 1. The van der Waals surface area contributed by atoms with Crippen LogP contribution in [0.1, 0.15) is 43.7 Å². The first-order valence-electron chi connectivity index (χ1n) is 10.5. The van der Waals surface area contributed by atoms with Crippen molar-refractivity contribution in [1.29, 1.82) is 0 Å². The Morgan fingerprint density at radius 1 is 1.16 bits per heavy atom. The van der Waals surface area contributed by atoms with Gasteiger partial charge >= 0.3 is 0 Å². The van der Waals surface area contributed by atoms with E-state index in [2.05, 4.69) is 40.1 Å². The fourth-order valence-corrected chi connectivity index (χ4v) is 4.83. The van der Waals surface area contributed by atoms with Crippen molar-refractivity contribution in [3.63, 3.8) is 0 Å². The van der Waals surface area contributed by atoms with Crippen LogP contribution < -0.4 is 10.9 Å². The largest absolute Gasteiger partial charge is 0.361 e. The van der Waals surface area contributed by atoms with Crippen LogP contribution in [-0.2, 0) is 11.2 Å². The Morgan fingerprint density at radius 2 is 1.97 bits per heavy atom. The topological polar surface area (TPSA) is 79.8 Å². The van der Waals surface area contributed by atoms with Crippen LogP contribution >= 0.6 is 15.9 Å². The van der Waals surface area contributed by atoms with Gasteiger partial charge in [0, 0.05) is 28.0 Å². The Hall–Kier alpha value is -2.93. The van der Waals surface area contributed by atoms with E-state index in [1.165, 1.54) is 0 Å². The summed E-state index contributed by atoms with van der Waals surface area (Å²) in [5.41, 5.74) is 2.49. The summed E-state index contributed by atoms with van der Waals surface area (Å²) in [6.45, 7) is 4.16. The normalized spacial score (nSPS) is 19.4. The van der Waals surface area contributed by atoms with Gasteiger partial charge in [-0.2, -0.15) is 0 Å². The predicted molar refractivity (Wildman–Crippen MR) is 125 cm³/mol. The van der Waals surface area contributed by atoms with E-state index in [1.54, 1.807) is 10.6 Å². The van der Waals surface area contributed by atoms with Gasteiger partial charge in [-0.05, 0) is 35.7 Å². The van der Waals surface area contributed by atoms with E-state index >= 15 is 0 Å². The van der Waals surface area contributed by atoms with Gasteiger partial charge in [0.15, 0.2) is 0 Å². The Balaban J connectivity index is 1.71. The maximum Gasteiger partial charge on any atom is 0.262 e. The molecular weight excluding hydrogens is 456 g/mol. The lowest BCUT2D eigenvalue weighted by atomic mass is 9.93. The molecule has 5 rings (SSSR count). The summed E-state index contributed by atoms with van der Waals surface area (Å²) in [6, 6.07) is 12.6. The molecule has 31 heavy (non-hydrogen) atoms. The summed E-state index contributed by atoms with van der Waals surface area (Å²) in [5, 5.41) is 4.73. The lowest BCUT2D eigenvalue weighted by molar-refractivity contribution is -0.127. The SMILES string of the molecule is CC[C@H](C)[C@@H]1NC(=O)[C@@H](Cc2c[nH]c3ccccc23)n2c1nc1ccc(Br)cc1c2=O. The molecule has 3 atom stereocenters. The smallest absolute Gasteiger partial charge is 0.262 e. The molecule has 0 spiro atoms. The van der Waals surface area contributed by atoms with Gasteiger partial charge in [-0.1, -0.05) is 54.4 Å². The molecule has 158 valence electrons. The number of H-pyrrole nitrogens is 1. The van der Waals surface area contributed by atoms with Crippen molar-refractivity contribution < 1.29 is 4.79 Å². The van der Waals surface area contributed by atoms with E-state index in [9.17, 15) is 9.59 Å². The monoisotopic (exact) mass is 478 g/mol. The number of nitrogens with one attached hydrogen (secondary N) is 2. The highest BCUT2D eigenvalue weighted by atomic mass is 79.9. The van der Waals surface area contributed by atoms with Gasteiger partial charge in [0.2, 0.25) is 5.91 Å². The maximum atomic E-state index is 13.6.